The molecule has 156 valence electrons. The van der Waals surface area contributed by atoms with Crippen LogP contribution in [0.25, 0.3) is 23.1 Å². The van der Waals surface area contributed by atoms with Gasteiger partial charge in [0.1, 0.15) is 23.1 Å². The van der Waals surface area contributed by atoms with Crippen molar-refractivity contribution in [2.75, 3.05) is 0 Å². The molecule has 1 aromatic heterocycles. The van der Waals surface area contributed by atoms with E-state index < -0.39 is 6.04 Å². The van der Waals surface area contributed by atoms with E-state index in [4.69, 9.17) is 4.74 Å². The van der Waals surface area contributed by atoms with Crippen molar-refractivity contribution in [2.24, 2.45) is 0 Å². The molecule has 2 aliphatic rings. The molecule has 30 heavy (non-hydrogen) atoms. The van der Waals surface area contributed by atoms with Gasteiger partial charge in [-0.05, 0) is 51.1 Å². The monoisotopic (exact) mass is 405 g/mol. The van der Waals surface area contributed by atoms with Gasteiger partial charge in [-0.25, -0.2) is 0 Å². The maximum atomic E-state index is 12.5. The lowest BCUT2D eigenvalue weighted by atomic mass is 9.86. The first-order valence-corrected chi connectivity index (χ1v) is 10.1. The van der Waals surface area contributed by atoms with Crippen LogP contribution in [-0.4, -0.2) is 28.4 Å². The third-order valence-corrected chi connectivity index (χ3v) is 5.73. The van der Waals surface area contributed by atoms with E-state index >= 15 is 0 Å². The number of ether oxygens (including phenoxy) is 1. The van der Waals surface area contributed by atoms with Gasteiger partial charge < -0.3 is 20.4 Å². The van der Waals surface area contributed by atoms with Gasteiger partial charge in [-0.1, -0.05) is 19.9 Å². The van der Waals surface area contributed by atoms with Crippen LogP contribution in [-0.2, 0) is 15.0 Å². The van der Waals surface area contributed by atoms with E-state index in [1.54, 1.807) is 13.0 Å². The molecule has 1 unspecified atom stereocenters. The van der Waals surface area contributed by atoms with Crippen molar-refractivity contribution in [1.82, 2.24) is 15.6 Å². The number of hydrogen-bond donors (Lipinski definition) is 3. The van der Waals surface area contributed by atoms with E-state index in [0.717, 1.165) is 33.5 Å². The van der Waals surface area contributed by atoms with E-state index in [1.807, 2.05) is 38.1 Å². The summed E-state index contributed by atoms with van der Waals surface area (Å²) in [4.78, 5) is 28.2. The highest BCUT2D eigenvalue weighted by atomic mass is 16.5. The van der Waals surface area contributed by atoms with Gasteiger partial charge >= 0.3 is 0 Å². The molecule has 0 bridgehead atoms. The first-order chi connectivity index (χ1) is 14.0. The Hall–Kier alpha value is -3.28. The maximum Gasteiger partial charge on any atom is 0.268 e. The number of benzene rings is 1. The second-order valence-corrected chi connectivity index (χ2v) is 9.02. The van der Waals surface area contributed by atoms with Crippen LogP contribution in [0.15, 0.2) is 36.6 Å². The smallest absolute Gasteiger partial charge is 0.268 e. The fraction of sp³-hybridized carbons (Fsp3) is 0.333. The number of fused-ring (bicyclic) bond motifs is 3. The summed E-state index contributed by atoms with van der Waals surface area (Å²) in [6.07, 6.45) is 7.70. The van der Waals surface area contributed by atoms with Crippen LogP contribution >= 0.6 is 0 Å². The van der Waals surface area contributed by atoms with Crippen molar-refractivity contribution in [1.29, 1.82) is 0 Å². The number of piperazine rings is 1. The highest BCUT2D eigenvalue weighted by Gasteiger charge is 2.30. The number of aromatic amines is 1. The molecular weight excluding hydrogens is 378 g/mol. The average molecular weight is 405 g/mol. The molecule has 0 saturated carbocycles. The van der Waals surface area contributed by atoms with E-state index in [-0.39, 0.29) is 28.5 Å². The Morgan fingerprint density at radius 1 is 1.23 bits per heavy atom. The van der Waals surface area contributed by atoms with Gasteiger partial charge in [0.25, 0.3) is 5.91 Å². The molecule has 1 atom stereocenters. The quantitative estimate of drug-likeness (QED) is 0.537. The highest BCUT2D eigenvalue weighted by molar-refractivity contribution is 6.09. The Labute approximate surface area is 176 Å². The lowest BCUT2D eigenvalue weighted by Gasteiger charge is -2.28. The molecule has 0 aliphatic carbocycles. The Bertz CT molecular complexity index is 1150. The number of carbonyl (C=O) groups is 2. The number of H-pyrrole nitrogens is 1. The van der Waals surface area contributed by atoms with Crippen molar-refractivity contribution in [2.45, 2.75) is 51.7 Å². The minimum Gasteiger partial charge on any atom is -0.483 e. The molecule has 3 N–H and O–H groups in total. The fourth-order valence-electron chi connectivity index (χ4n) is 3.79. The second kappa shape index (κ2) is 6.62. The van der Waals surface area contributed by atoms with Crippen molar-refractivity contribution < 1.29 is 14.3 Å². The predicted molar refractivity (Wildman–Crippen MR) is 119 cm³/mol. The van der Waals surface area contributed by atoms with Gasteiger partial charge in [0.15, 0.2) is 0 Å². The molecule has 1 fully saturated rings. The zero-order chi connectivity index (χ0) is 21.8. The summed E-state index contributed by atoms with van der Waals surface area (Å²) < 4.78 is 6.12. The van der Waals surface area contributed by atoms with E-state index in [9.17, 15) is 9.59 Å². The molecule has 6 nitrogen and oxygen atoms in total. The maximum absolute atomic E-state index is 12.5. The minimum atomic E-state index is -0.556. The highest BCUT2D eigenvalue weighted by Crippen LogP contribution is 2.41. The van der Waals surface area contributed by atoms with Crippen molar-refractivity contribution in [3.05, 3.63) is 53.4 Å². The molecule has 1 aromatic carbocycles. The largest absolute Gasteiger partial charge is 0.483 e. The topological polar surface area (TPSA) is 83.2 Å². The van der Waals surface area contributed by atoms with Crippen molar-refractivity contribution >= 4 is 34.9 Å². The first kappa shape index (κ1) is 20.0. The van der Waals surface area contributed by atoms with Crippen LogP contribution in [0.2, 0.25) is 0 Å². The minimum absolute atomic E-state index is 0.228. The average Bonchev–Trinajstić information content (AvgIpc) is 3.04. The van der Waals surface area contributed by atoms with Gasteiger partial charge in [0.05, 0.1) is 5.52 Å². The third-order valence-electron chi connectivity index (χ3n) is 5.73. The summed E-state index contributed by atoms with van der Waals surface area (Å²) in [5.74, 6) is 0.263. The number of carbonyl (C=O) groups excluding carboxylic acids is 2. The van der Waals surface area contributed by atoms with Crippen molar-refractivity contribution in [3.63, 3.8) is 0 Å². The third kappa shape index (κ3) is 3.22. The van der Waals surface area contributed by atoms with Crippen LogP contribution in [0.5, 0.6) is 5.75 Å². The van der Waals surface area contributed by atoms with Gasteiger partial charge in [-0.2, -0.15) is 0 Å². The van der Waals surface area contributed by atoms with E-state index in [0.29, 0.717) is 0 Å². The standard InChI is InChI=1S/C24H27N3O3/c1-7-23(3,4)20-16(12-17-22(29)25-13(2)21(28)26-17)14-8-9-18-15(19(14)27-20)10-11-24(5,6)30-18/h7-13,27H,1H2,2-6H3,(H,25,29)(H,26,28). The van der Waals surface area contributed by atoms with Gasteiger partial charge in [-0.15, -0.1) is 6.58 Å². The number of rotatable bonds is 3. The van der Waals surface area contributed by atoms with Crippen molar-refractivity contribution in [3.8, 4) is 5.75 Å². The molecular formula is C24H27N3O3. The molecule has 6 heteroatoms. The molecule has 2 amide bonds. The number of aromatic nitrogens is 1. The summed E-state index contributed by atoms with van der Waals surface area (Å²) in [6.45, 7) is 13.8. The second-order valence-electron chi connectivity index (χ2n) is 9.02. The Kier molecular flexibility index (Phi) is 4.42. The van der Waals surface area contributed by atoms with Gasteiger partial charge in [0, 0.05) is 27.6 Å². The number of allylic oxidation sites excluding steroid dienone is 1. The zero-order valence-corrected chi connectivity index (χ0v) is 18.0. The molecule has 0 spiro atoms. The van der Waals surface area contributed by atoms with Crippen LogP contribution in [0.4, 0.5) is 0 Å². The fourth-order valence-corrected chi connectivity index (χ4v) is 3.79. The van der Waals surface area contributed by atoms with Crippen LogP contribution in [0.3, 0.4) is 0 Å². The molecule has 3 heterocycles. The summed E-state index contributed by atoms with van der Waals surface area (Å²) in [5.41, 5.74) is 3.10. The summed E-state index contributed by atoms with van der Waals surface area (Å²) in [6, 6.07) is 3.38. The molecule has 0 radical (unpaired) electrons. The van der Waals surface area contributed by atoms with E-state index in [1.165, 1.54) is 0 Å². The predicted octanol–water partition coefficient (Wildman–Crippen LogP) is 3.79. The van der Waals surface area contributed by atoms with Crippen LogP contribution in [0, 0.1) is 0 Å². The number of nitrogens with one attached hydrogen (secondary N) is 3. The number of amides is 2. The summed E-state index contributed by atoms with van der Waals surface area (Å²) in [7, 11) is 0. The Morgan fingerprint density at radius 2 is 1.97 bits per heavy atom. The molecule has 2 aliphatic heterocycles. The van der Waals surface area contributed by atoms with Crippen LogP contribution in [0.1, 0.15) is 51.4 Å². The van der Waals surface area contributed by atoms with Gasteiger partial charge in [0.2, 0.25) is 5.91 Å². The Balaban J connectivity index is 1.95. The Morgan fingerprint density at radius 3 is 2.67 bits per heavy atom. The summed E-state index contributed by atoms with van der Waals surface area (Å²) >= 11 is 0. The van der Waals surface area contributed by atoms with E-state index in [2.05, 4.69) is 42.1 Å². The zero-order valence-electron chi connectivity index (χ0n) is 18.0. The molecule has 1 saturated heterocycles. The molecule has 2 aromatic rings. The first-order valence-electron chi connectivity index (χ1n) is 10.1. The van der Waals surface area contributed by atoms with Gasteiger partial charge in [-0.3, -0.25) is 9.59 Å². The lowest BCUT2D eigenvalue weighted by molar-refractivity contribution is -0.130. The molecule has 4 rings (SSSR count). The van der Waals surface area contributed by atoms with Crippen LogP contribution < -0.4 is 15.4 Å². The summed E-state index contributed by atoms with van der Waals surface area (Å²) in [5, 5.41) is 6.35. The number of hydrogen-bond acceptors (Lipinski definition) is 3. The SMILES string of the molecule is C=CC(C)(C)c1[nH]c2c3c(ccc2c1C=C1NC(=O)C(C)NC1=O)OC(C)(C)C=C3. The lowest BCUT2D eigenvalue weighted by Crippen LogP contribution is -2.53. The normalized spacial score (nSPS) is 21.8.